The number of ether oxygens (including phenoxy) is 1. The average molecular weight is 217 g/mol. The van der Waals surface area contributed by atoms with Crippen molar-refractivity contribution < 1.29 is 4.74 Å². The summed E-state index contributed by atoms with van der Waals surface area (Å²) in [4.78, 5) is 0. The highest BCUT2D eigenvalue weighted by Crippen LogP contribution is 2.35. The molecular weight excluding hydrogens is 198 g/mol. The van der Waals surface area contributed by atoms with Gasteiger partial charge in [0, 0.05) is 12.0 Å². The maximum Gasteiger partial charge on any atom is 0.119 e. The molecule has 1 N–H and O–H groups in total. The van der Waals surface area contributed by atoms with E-state index < -0.39 is 0 Å². The molecule has 0 bridgehead atoms. The molecule has 1 fully saturated rings. The monoisotopic (exact) mass is 217 g/mol. The Bertz CT molecular complexity index is 367. The van der Waals surface area contributed by atoms with Crippen molar-refractivity contribution in [3.8, 4) is 5.75 Å². The van der Waals surface area contributed by atoms with Crippen LogP contribution in [-0.4, -0.2) is 20.2 Å². The summed E-state index contributed by atoms with van der Waals surface area (Å²) in [6.45, 7) is 6.00. The van der Waals surface area contributed by atoms with Crippen LogP contribution in [-0.2, 0) is 5.41 Å². The molecule has 2 heteroatoms. The average Bonchev–Trinajstić information content (AvgIpc) is 2.80. The lowest BCUT2D eigenvalue weighted by Gasteiger charge is -2.27. The summed E-state index contributed by atoms with van der Waals surface area (Å²) in [6, 6.07) is 8.40. The Morgan fingerprint density at radius 3 is 3.06 bits per heavy atom. The second kappa shape index (κ2) is 4.71. The number of methoxy groups -OCH3 is 1. The van der Waals surface area contributed by atoms with Crippen LogP contribution in [0.4, 0.5) is 0 Å². The van der Waals surface area contributed by atoms with E-state index in [0.29, 0.717) is 0 Å². The van der Waals surface area contributed by atoms with Crippen LogP contribution in [0.3, 0.4) is 0 Å². The number of nitrogens with one attached hydrogen (secondary N) is 1. The van der Waals surface area contributed by atoms with Gasteiger partial charge in [0.25, 0.3) is 0 Å². The van der Waals surface area contributed by atoms with Gasteiger partial charge in [-0.3, -0.25) is 0 Å². The van der Waals surface area contributed by atoms with Gasteiger partial charge in [-0.2, -0.15) is 0 Å². The van der Waals surface area contributed by atoms with Crippen LogP contribution < -0.4 is 10.1 Å². The minimum Gasteiger partial charge on any atom is -0.497 e. The first-order valence-electron chi connectivity index (χ1n) is 5.77. The standard InChI is InChI=1S/C14H19NO/c1-3-7-14(8-9-15-11-14)12-5-4-6-13(10-12)16-2/h3-6,10,15H,1,7-9,11H2,2H3/t14-/m1/s1. The Kier molecular flexibility index (Phi) is 3.30. The molecule has 0 aliphatic carbocycles. The summed E-state index contributed by atoms with van der Waals surface area (Å²) in [5.74, 6) is 0.938. The largest absolute Gasteiger partial charge is 0.497 e. The van der Waals surface area contributed by atoms with Gasteiger partial charge in [-0.25, -0.2) is 0 Å². The smallest absolute Gasteiger partial charge is 0.119 e. The molecule has 1 heterocycles. The summed E-state index contributed by atoms with van der Waals surface area (Å²) >= 11 is 0. The Balaban J connectivity index is 2.34. The second-order valence-electron chi connectivity index (χ2n) is 4.43. The van der Waals surface area contributed by atoms with E-state index in [1.54, 1.807) is 7.11 Å². The molecule has 2 rings (SSSR count). The van der Waals surface area contributed by atoms with Crippen molar-refractivity contribution in [1.29, 1.82) is 0 Å². The molecule has 2 nitrogen and oxygen atoms in total. The molecule has 1 aliphatic heterocycles. The lowest BCUT2D eigenvalue weighted by Crippen LogP contribution is -2.28. The molecule has 0 saturated carbocycles. The predicted molar refractivity (Wildman–Crippen MR) is 67.0 cm³/mol. The van der Waals surface area contributed by atoms with E-state index in [0.717, 1.165) is 25.3 Å². The first kappa shape index (κ1) is 11.2. The minimum atomic E-state index is 0.219. The second-order valence-corrected chi connectivity index (χ2v) is 4.43. The fourth-order valence-electron chi connectivity index (χ4n) is 2.51. The van der Waals surface area contributed by atoms with Crippen molar-refractivity contribution >= 4 is 0 Å². The zero-order valence-corrected chi connectivity index (χ0v) is 9.83. The van der Waals surface area contributed by atoms with Gasteiger partial charge in [0.2, 0.25) is 0 Å². The number of rotatable bonds is 4. The highest BCUT2D eigenvalue weighted by molar-refractivity contribution is 5.35. The van der Waals surface area contributed by atoms with E-state index in [1.165, 1.54) is 12.0 Å². The number of benzene rings is 1. The SMILES string of the molecule is C=CC[C@@]1(c2cccc(OC)c2)CCNC1. The quantitative estimate of drug-likeness (QED) is 0.782. The Hall–Kier alpha value is -1.28. The number of hydrogen-bond donors (Lipinski definition) is 1. The molecule has 0 radical (unpaired) electrons. The summed E-state index contributed by atoms with van der Waals surface area (Å²) in [6.07, 6.45) is 4.21. The van der Waals surface area contributed by atoms with Crippen molar-refractivity contribution in [3.63, 3.8) is 0 Å². The molecule has 1 atom stereocenters. The van der Waals surface area contributed by atoms with Crippen molar-refractivity contribution in [1.82, 2.24) is 5.32 Å². The zero-order valence-electron chi connectivity index (χ0n) is 9.83. The normalized spacial score (nSPS) is 24.3. The Morgan fingerprint density at radius 2 is 2.44 bits per heavy atom. The van der Waals surface area contributed by atoms with Gasteiger partial charge in [-0.1, -0.05) is 18.2 Å². The van der Waals surface area contributed by atoms with Crippen molar-refractivity contribution in [2.75, 3.05) is 20.2 Å². The van der Waals surface area contributed by atoms with Crippen LogP contribution >= 0.6 is 0 Å². The first-order valence-corrected chi connectivity index (χ1v) is 5.77. The highest BCUT2D eigenvalue weighted by Gasteiger charge is 2.34. The van der Waals surface area contributed by atoms with E-state index in [-0.39, 0.29) is 5.41 Å². The van der Waals surface area contributed by atoms with Gasteiger partial charge < -0.3 is 10.1 Å². The third-order valence-corrected chi connectivity index (χ3v) is 3.46. The lowest BCUT2D eigenvalue weighted by molar-refractivity contribution is 0.410. The van der Waals surface area contributed by atoms with E-state index >= 15 is 0 Å². The van der Waals surface area contributed by atoms with Gasteiger partial charge >= 0.3 is 0 Å². The summed E-state index contributed by atoms with van der Waals surface area (Å²) in [7, 11) is 1.71. The number of hydrogen-bond acceptors (Lipinski definition) is 2. The van der Waals surface area contributed by atoms with Gasteiger partial charge in [-0.05, 0) is 37.1 Å². The molecule has 1 aliphatic rings. The van der Waals surface area contributed by atoms with Crippen molar-refractivity contribution in [3.05, 3.63) is 42.5 Å². The molecule has 0 aromatic heterocycles. The van der Waals surface area contributed by atoms with Gasteiger partial charge in [0.1, 0.15) is 5.75 Å². The fraction of sp³-hybridized carbons (Fsp3) is 0.429. The zero-order chi connectivity index (χ0) is 11.4. The molecule has 0 amide bonds. The number of allylic oxidation sites excluding steroid dienone is 1. The van der Waals surface area contributed by atoms with Crippen LogP contribution in [0.2, 0.25) is 0 Å². The van der Waals surface area contributed by atoms with Crippen LogP contribution in [0.25, 0.3) is 0 Å². The van der Waals surface area contributed by atoms with E-state index in [9.17, 15) is 0 Å². The third-order valence-electron chi connectivity index (χ3n) is 3.46. The Labute approximate surface area is 97.3 Å². The lowest BCUT2D eigenvalue weighted by atomic mass is 9.77. The summed E-state index contributed by atoms with van der Waals surface area (Å²) in [5, 5.41) is 3.45. The van der Waals surface area contributed by atoms with E-state index in [1.807, 2.05) is 12.1 Å². The van der Waals surface area contributed by atoms with Crippen molar-refractivity contribution in [2.24, 2.45) is 0 Å². The van der Waals surface area contributed by atoms with Crippen LogP contribution in [0.5, 0.6) is 5.75 Å². The molecule has 1 aromatic rings. The maximum absolute atomic E-state index is 5.29. The minimum absolute atomic E-state index is 0.219. The van der Waals surface area contributed by atoms with Gasteiger partial charge in [0.05, 0.1) is 7.11 Å². The predicted octanol–water partition coefficient (Wildman–Crippen LogP) is 2.50. The topological polar surface area (TPSA) is 21.3 Å². The molecule has 1 aromatic carbocycles. The first-order chi connectivity index (χ1) is 7.80. The molecule has 86 valence electrons. The molecular formula is C14H19NO. The maximum atomic E-state index is 5.29. The van der Waals surface area contributed by atoms with Crippen LogP contribution in [0.1, 0.15) is 18.4 Å². The third kappa shape index (κ3) is 1.98. The Morgan fingerprint density at radius 1 is 1.56 bits per heavy atom. The van der Waals surface area contributed by atoms with Gasteiger partial charge in [-0.15, -0.1) is 6.58 Å². The summed E-state index contributed by atoms with van der Waals surface area (Å²) in [5.41, 5.74) is 1.58. The van der Waals surface area contributed by atoms with E-state index in [2.05, 4.69) is 30.1 Å². The molecule has 0 spiro atoms. The fourth-order valence-corrected chi connectivity index (χ4v) is 2.51. The van der Waals surface area contributed by atoms with Crippen molar-refractivity contribution in [2.45, 2.75) is 18.3 Å². The molecule has 16 heavy (non-hydrogen) atoms. The van der Waals surface area contributed by atoms with Crippen LogP contribution in [0.15, 0.2) is 36.9 Å². The van der Waals surface area contributed by atoms with E-state index in [4.69, 9.17) is 4.74 Å². The molecule has 0 unspecified atom stereocenters. The molecule has 1 saturated heterocycles. The highest BCUT2D eigenvalue weighted by atomic mass is 16.5. The van der Waals surface area contributed by atoms with Gasteiger partial charge in [0.15, 0.2) is 0 Å². The summed E-state index contributed by atoms with van der Waals surface area (Å²) < 4.78 is 5.29. The van der Waals surface area contributed by atoms with Crippen LogP contribution in [0, 0.1) is 0 Å².